The molecule has 10 nitrogen and oxygen atoms in total. The molecule has 0 bridgehead atoms. The molecule has 2 aromatic carbocycles. The highest BCUT2D eigenvalue weighted by atomic mass is 16.6. The first kappa shape index (κ1) is 24.5. The second-order valence-corrected chi connectivity index (χ2v) is 8.93. The van der Waals surface area contributed by atoms with Crippen molar-refractivity contribution in [3.63, 3.8) is 0 Å². The van der Waals surface area contributed by atoms with Crippen molar-refractivity contribution in [2.24, 2.45) is 0 Å². The summed E-state index contributed by atoms with van der Waals surface area (Å²) in [7, 11) is 3.27. The molecule has 0 atom stereocenters. The van der Waals surface area contributed by atoms with Gasteiger partial charge in [0.1, 0.15) is 24.7 Å². The normalized spacial score (nSPS) is 14.8. The highest BCUT2D eigenvalue weighted by Gasteiger charge is 2.23. The Kier molecular flexibility index (Phi) is 6.89. The minimum absolute atomic E-state index is 0.0949. The number of anilines is 3. The summed E-state index contributed by atoms with van der Waals surface area (Å²) in [4.78, 5) is 25.1. The summed E-state index contributed by atoms with van der Waals surface area (Å²) in [6, 6.07) is 9.65. The Bertz CT molecular complexity index is 1310. The van der Waals surface area contributed by atoms with Crippen LogP contribution in [-0.4, -0.2) is 74.4 Å². The number of carbonyl (C=O) groups is 1. The summed E-state index contributed by atoms with van der Waals surface area (Å²) in [5.41, 5.74) is 4.24. The van der Waals surface area contributed by atoms with Gasteiger partial charge in [0.15, 0.2) is 11.5 Å². The molecule has 1 saturated heterocycles. The van der Waals surface area contributed by atoms with Gasteiger partial charge in [-0.05, 0) is 30.7 Å². The van der Waals surface area contributed by atoms with Gasteiger partial charge in [-0.2, -0.15) is 0 Å². The van der Waals surface area contributed by atoms with Crippen LogP contribution in [0.4, 0.5) is 17.3 Å². The summed E-state index contributed by atoms with van der Waals surface area (Å²) < 4.78 is 22.8. The van der Waals surface area contributed by atoms with Gasteiger partial charge in [-0.25, -0.2) is 9.97 Å². The minimum atomic E-state index is 0.0949. The first-order valence-corrected chi connectivity index (χ1v) is 12.2. The topological polar surface area (TPSA) is 98.3 Å². The Morgan fingerprint density at radius 2 is 1.70 bits per heavy atom. The quantitative estimate of drug-likeness (QED) is 0.538. The van der Waals surface area contributed by atoms with E-state index in [-0.39, 0.29) is 5.91 Å². The number of methoxy groups -OCH3 is 2. The molecule has 37 heavy (non-hydrogen) atoms. The van der Waals surface area contributed by atoms with Crippen LogP contribution in [0.5, 0.6) is 23.0 Å². The first-order chi connectivity index (χ1) is 18.0. The number of amides is 1. The number of nitrogens with zero attached hydrogens (tertiary/aromatic N) is 4. The lowest BCUT2D eigenvalue weighted by Gasteiger charge is -2.36. The number of hydrogen-bond acceptors (Lipinski definition) is 9. The molecule has 1 aromatic heterocycles. The van der Waals surface area contributed by atoms with E-state index in [2.05, 4.69) is 15.2 Å². The van der Waals surface area contributed by atoms with Gasteiger partial charge in [-0.1, -0.05) is 0 Å². The fraction of sp³-hybridized carbons (Fsp3) is 0.370. The maximum Gasteiger partial charge on any atom is 0.227 e. The van der Waals surface area contributed by atoms with Crippen molar-refractivity contribution in [3.05, 3.63) is 42.1 Å². The van der Waals surface area contributed by atoms with E-state index in [4.69, 9.17) is 23.9 Å². The third kappa shape index (κ3) is 5.04. The van der Waals surface area contributed by atoms with Gasteiger partial charge in [0.25, 0.3) is 0 Å². The predicted octanol–water partition coefficient (Wildman–Crippen LogP) is 3.65. The molecule has 0 radical (unpaired) electrons. The molecule has 2 aliphatic heterocycles. The second kappa shape index (κ2) is 10.4. The number of carbonyl (C=O) groups excluding carboxylic acids is 1. The van der Waals surface area contributed by atoms with E-state index in [0.29, 0.717) is 68.3 Å². The number of nitrogens with one attached hydrogen (secondary N) is 1. The summed E-state index contributed by atoms with van der Waals surface area (Å²) in [5, 5.41) is 3.30. The van der Waals surface area contributed by atoms with Gasteiger partial charge in [0, 0.05) is 57.0 Å². The van der Waals surface area contributed by atoms with Crippen molar-refractivity contribution >= 4 is 23.2 Å². The monoisotopic (exact) mass is 505 g/mol. The molecule has 194 valence electrons. The third-order valence-electron chi connectivity index (χ3n) is 6.60. The summed E-state index contributed by atoms with van der Waals surface area (Å²) >= 11 is 0. The summed E-state index contributed by atoms with van der Waals surface area (Å²) in [6.45, 7) is 7.41. The predicted molar refractivity (Wildman–Crippen MR) is 140 cm³/mol. The van der Waals surface area contributed by atoms with Crippen molar-refractivity contribution in [2.75, 3.05) is 63.8 Å². The van der Waals surface area contributed by atoms with Gasteiger partial charge in [-0.3, -0.25) is 4.79 Å². The summed E-state index contributed by atoms with van der Waals surface area (Å²) in [5.74, 6) is 3.30. The molecule has 2 aliphatic rings. The van der Waals surface area contributed by atoms with E-state index in [1.165, 1.54) is 0 Å². The Morgan fingerprint density at radius 1 is 0.973 bits per heavy atom. The number of aromatic nitrogens is 2. The van der Waals surface area contributed by atoms with Crippen molar-refractivity contribution < 1.29 is 23.7 Å². The molecule has 5 rings (SSSR count). The van der Waals surface area contributed by atoms with Gasteiger partial charge in [-0.15, -0.1) is 0 Å². The van der Waals surface area contributed by atoms with Crippen molar-refractivity contribution in [1.82, 2.24) is 14.9 Å². The van der Waals surface area contributed by atoms with Gasteiger partial charge in [0.2, 0.25) is 11.9 Å². The summed E-state index contributed by atoms with van der Waals surface area (Å²) in [6.07, 6.45) is 1.79. The highest BCUT2D eigenvalue weighted by Crippen LogP contribution is 2.40. The Labute approximate surface area is 216 Å². The molecule has 0 saturated carbocycles. The van der Waals surface area contributed by atoms with Crippen LogP contribution in [-0.2, 0) is 4.79 Å². The average molecular weight is 506 g/mol. The number of piperazine rings is 1. The zero-order chi connectivity index (χ0) is 25.9. The molecular weight excluding hydrogens is 474 g/mol. The van der Waals surface area contributed by atoms with Gasteiger partial charge >= 0.3 is 0 Å². The standard InChI is InChI=1S/C27H31N5O5/c1-17-16-28-27(30-26(17)19-5-6-22-25(13-19)37-12-11-36-22)29-20-14-24(35-4)21(15-23(20)34-3)32-9-7-31(8-10-32)18(2)33/h5-6,13-16H,7-12H2,1-4H3,(H,28,29,30). The largest absolute Gasteiger partial charge is 0.494 e. The van der Waals surface area contributed by atoms with Crippen LogP contribution in [0.1, 0.15) is 12.5 Å². The van der Waals surface area contributed by atoms with Crippen molar-refractivity contribution in [3.8, 4) is 34.3 Å². The Hall–Kier alpha value is -4.21. The molecule has 3 heterocycles. The fourth-order valence-corrected chi connectivity index (χ4v) is 4.59. The average Bonchev–Trinajstić information content (AvgIpc) is 2.93. The number of ether oxygens (including phenoxy) is 4. The lowest BCUT2D eigenvalue weighted by Crippen LogP contribution is -2.48. The molecule has 0 unspecified atom stereocenters. The first-order valence-electron chi connectivity index (χ1n) is 12.2. The van der Waals surface area contributed by atoms with Gasteiger partial charge < -0.3 is 34.1 Å². The van der Waals surface area contributed by atoms with Crippen LogP contribution in [0.25, 0.3) is 11.3 Å². The van der Waals surface area contributed by atoms with E-state index in [0.717, 1.165) is 28.3 Å². The molecule has 1 amide bonds. The molecule has 10 heteroatoms. The van der Waals surface area contributed by atoms with Crippen LogP contribution in [0, 0.1) is 6.92 Å². The van der Waals surface area contributed by atoms with Crippen molar-refractivity contribution in [2.45, 2.75) is 13.8 Å². The third-order valence-corrected chi connectivity index (χ3v) is 6.60. The van der Waals surface area contributed by atoms with E-state index in [9.17, 15) is 4.79 Å². The number of benzene rings is 2. The fourth-order valence-electron chi connectivity index (χ4n) is 4.59. The van der Waals surface area contributed by atoms with Crippen LogP contribution in [0.3, 0.4) is 0 Å². The van der Waals surface area contributed by atoms with Crippen LogP contribution < -0.4 is 29.2 Å². The minimum Gasteiger partial charge on any atom is -0.494 e. The highest BCUT2D eigenvalue weighted by molar-refractivity contribution is 5.76. The molecule has 3 aromatic rings. The maximum atomic E-state index is 11.7. The van der Waals surface area contributed by atoms with Crippen LogP contribution in [0.15, 0.2) is 36.5 Å². The number of rotatable bonds is 6. The van der Waals surface area contributed by atoms with E-state index >= 15 is 0 Å². The molecular formula is C27H31N5O5. The lowest BCUT2D eigenvalue weighted by atomic mass is 10.1. The van der Waals surface area contributed by atoms with E-state index in [1.807, 2.05) is 42.2 Å². The van der Waals surface area contributed by atoms with Gasteiger partial charge in [0.05, 0.1) is 31.3 Å². The Balaban J connectivity index is 1.42. The Morgan fingerprint density at radius 3 is 2.41 bits per heavy atom. The van der Waals surface area contributed by atoms with Crippen LogP contribution >= 0.6 is 0 Å². The van der Waals surface area contributed by atoms with Crippen molar-refractivity contribution in [1.29, 1.82) is 0 Å². The lowest BCUT2D eigenvalue weighted by molar-refractivity contribution is -0.129. The number of fused-ring (bicyclic) bond motifs is 1. The molecule has 1 N–H and O–H groups in total. The molecule has 1 fully saturated rings. The number of aryl methyl sites for hydroxylation is 1. The molecule has 0 aliphatic carbocycles. The van der Waals surface area contributed by atoms with Crippen LogP contribution in [0.2, 0.25) is 0 Å². The smallest absolute Gasteiger partial charge is 0.227 e. The van der Waals surface area contributed by atoms with E-state index < -0.39 is 0 Å². The second-order valence-electron chi connectivity index (χ2n) is 8.93. The van der Waals surface area contributed by atoms with E-state index in [1.54, 1.807) is 27.3 Å². The SMILES string of the molecule is COc1cc(N2CCN(C(C)=O)CC2)c(OC)cc1Nc1ncc(C)c(-c2ccc3c(c2)OCCO3)n1. The maximum absolute atomic E-state index is 11.7. The number of hydrogen-bond donors (Lipinski definition) is 1. The zero-order valence-corrected chi connectivity index (χ0v) is 21.5. The zero-order valence-electron chi connectivity index (χ0n) is 21.5. The molecule has 0 spiro atoms.